The molecule has 128 valence electrons. The van der Waals surface area contributed by atoms with Gasteiger partial charge in [0.05, 0.1) is 23.1 Å². The van der Waals surface area contributed by atoms with Gasteiger partial charge in [0.1, 0.15) is 12.4 Å². The maximum atomic E-state index is 12.1. The van der Waals surface area contributed by atoms with E-state index in [9.17, 15) is 4.79 Å². The molecule has 4 rings (SSSR count). The number of aromatic nitrogens is 2. The van der Waals surface area contributed by atoms with Gasteiger partial charge in [0.2, 0.25) is 0 Å². The second-order valence-corrected chi connectivity index (χ2v) is 5.94. The van der Waals surface area contributed by atoms with Crippen LogP contribution in [-0.2, 0) is 11.3 Å². The SMILES string of the molecule is O=C(OCCn1c(-c2ccccc2)nc2ccccc21)c1ccccc1. The van der Waals surface area contributed by atoms with Crippen molar-refractivity contribution in [3.63, 3.8) is 0 Å². The zero-order valence-electron chi connectivity index (χ0n) is 14.2. The van der Waals surface area contributed by atoms with Gasteiger partial charge in [-0.25, -0.2) is 9.78 Å². The molecule has 4 heteroatoms. The summed E-state index contributed by atoms with van der Waals surface area (Å²) < 4.78 is 7.55. The lowest BCUT2D eigenvalue weighted by molar-refractivity contribution is 0.0493. The summed E-state index contributed by atoms with van der Waals surface area (Å²) in [6.07, 6.45) is 0. The highest BCUT2D eigenvalue weighted by atomic mass is 16.5. The van der Waals surface area contributed by atoms with Crippen molar-refractivity contribution in [2.75, 3.05) is 6.61 Å². The van der Waals surface area contributed by atoms with E-state index in [4.69, 9.17) is 9.72 Å². The lowest BCUT2D eigenvalue weighted by atomic mass is 10.2. The highest BCUT2D eigenvalue weighted by molar-refractivity contribution is 5.89. The Morgan fingerprint density at radius 2 is 1.50 bits per heavy atom. The van der Waals surface area contributed by atoms with Gasteiger partial charge in [-0.15, -0.1) is 0 Å². The van der Waals surface area contributed by atoms with Gasteiger partial charge in [-0.2, -0.15) is 0 Å². The number of fused-ring (bicyclic) bond motifs is 1. The van der Waals surface area contributed by atoms with Gasteiger partial charge >= 0.3 is 5.97 Å². The van der Waals surface area contributed by atoms with Crippen LogP contribution in [0.5, 0.6) is 0 Å². The largest absolute Gasteiger partial charge is 0.460 e. The van der Waals surface area contributed by atoms with E-state index in [-0.39, 0.29) is 12.6 Å². The Kier molecular flexibility index (Phi) is 4.48. The highest BCUT2D eigenvalue weighted by Crippen LogP contribution is 2.24. The first-order chi connectivity index (χ1) is 12.8. The van der Waals surface area contributed by atoms with Crippen LogP contribution < -0.4 is 0 Å². The van der Waals surface area contributed by atoms with Crippen LogP contribution in [-0.4, -0.2) is 22.1 Å². The van der Waals surface area contributed by atoms with Crippen molar-refractivity contribution in [2.24, 2.45) is 0 Å². The van der Waals surface area contributed by atoms with Gasteiger partial charge in [-0.1, -0.05) is 60.7 Å². The number of imidazole rings is 1. The molecule has 26 heavy (non-hydrogen) atoms. The van der Waals surface area contributed by atoms with Crippen molar-refractivity contribution in [3.05, 3.63) is 90.5 Å². The molecule has 0 amide bonds. The lowest BCUT2D eigenvalue weighted by Crippen LogP contribution is -2.12. The number of carbonyl (C=O) groups is 1. The molecule has 0 N–H and O–H groups in total. The fourth-order valence-corrected chi connectivity index (χ4v) is 3.00. The minimum atomic E-state index is -0.309. The zero-order chi connectivity index (χ0) is 17.8. The second kappa shape index (κ2) is 7.23. The first-order valence-electron chi connectivity index (χ1n) is 8.56. The van der Waals surface area contributed by atoms with Gasteiger partial charge in [-0.05, 0) is 24.3 Å². The minimum absolute atomic E-state index is 0.286. The number of hydrogen-bond donors (Lipinski definition) is 0. The van der Waals surface area contributed by atoms with Crippen LogP contribution in [0, 0.1) is 0 Å². The number of benzene rings is 3. The first-order valence-corrected chi connectivity index (χ1v) is 8.56. The maximum absolute atomic E-state index is 12.1. The molecule has 0 radical (unpaired) electrons. The maximum Gasteiger partial charge on any atom is 0.338 e. The Morgan fingerprint density at radius 3 is 2.27 bits per heavy atom. The first kappa shape index (κ1) is 16.1. The molecule has 0 aliphatic carbocycles. The monoisotopic (exact) mass is 342 g/mol. The molecule has 4 aromatic rings. The standard InChI is InChI=1S/C22H18N2O2/c25-22(18-11-5-2-6-12-18)26-16-15-24-20-14-8-7-13-19(20)23-21(24)17-9-3-1-4-10-17/h1-14H,15-16H2. The molecule has 0 saturated heterocycles. The van der Waals surface area contributed by atoms with Gasteiger partial charge in [-0.3, -0.25) is 0 Å². The number of para-hydroxylation sites is 2. The number of ether oxygens (including phenoxy) is 1. The van der Waals surface area contributed by atoms with E-state index in [2.05, 4.69) is 4.57 Å². The van der Waals surface area contributed by atoms with Crippen molar-refractivity contribution < 1.29 is 9.53 Å². The molecule has 0 saturated carbocycles. The van der Waals surface area contributed by atoms with Gasteiger partial charge in [0.15, 0.2) is 0 Å². The molecule has 0 fully saturated rings. The predicted molar refractivity (Wildman–Crippen MR) is 102 cm³/mol. The molecule has 1 heterocycles. The Hall–Kier alpha value is -3.40. The predicted octanol–water partition coefficient (Wildman–Crippen LogP) is 4.56. The van der Waals surface area contributed by atoms with Crippen LogP contribution >= 0.6 is 0 Å². The van der Waals surface area contributed by atoms with Crippen LogP contribution in [0.3, 0.4) is 0 Å². The van der Waals surface area contributed by atoms with Crippen LogP contribution in [0.2, 0.25) is 0 Å². The summed E-state index contributed by atoms with van der Waals surface area (Å²) in [5.41, 5.74) is 3.56. The molecule has 3 aromatic carbocycles. The van der Waals surface area contributed by atoms with E-state index in [0.717, 1.165) is 22.4 Å². The third kappa shape index (κ3) is 3.22. The molecule has 0 unspecified atom stereocenters. The number of esters is 1. The topological polar surface area (TPSA) is 44.1 Å². The molecule has 0 spiro atoms. The molecule has 0 bridgehead atoms. The Bertz CT molecular complexity index is 1020. The average molecular weight is 342 g/mol. The van der Waals surface area contributed by atoms with Crippen LogP contribution in [0.4, 0.5) is 0 Å². The third-order valence-electron chi connectivity index (χ3n) is 4.24. The summed E-state index contributed by atoms with van der Waals surface area (Å²) in [5, 5.41) is 0. The normalized spacial score (nSPS) is 10.8. The second-order valence-electron chi connectivity index (χ2n) is 5.94. The molecular weight excluding hydrogens is 324 g/mol. The molecule has 1 aromatic heterocycles. The Balaban J connectivity index is 1.58. The van der Waals surface area contributed by atoms with Gasteiger partial charge in [0.25, 0.3) is 0 Å². The Morgan fingerprint density at radius 1 is 0.846 bits per heavy atom. The number of hydrogen-bond acceptors (Lipinski definition) is 3. The molecule has 0 aliphatic heterocycles. The number of carbonyl (C=O) groups excluding carboxylic acids is 1. The Labute approximate surface area is 151 Å². The summed E-state index contributed by atoms with van der Waals surface area (Å²) in [6, 6.07) is 27.1. The average Bonchev–Trinajstić information content (AvgIpc) is 3.08. The quantitative estimate of drug-likeness (QED) is 0.499. The highest BCUT2D eigenvalue weighted by Gasteiger charge is 2.13. The van der Waals surface area contributed by atoms with E-state index in [1.54, 1.807) is 12.1 Å². The molecule has 4 nitrogen and oxygen atoms in total. The van der Waals surface area contributed by atoms with Crippen molar-refractivity contribution in [1.82, 2.24) is 9.55 Å². The lowest BCUT2D eigenvalue weighted by Gasteiger charge is -2.10. The van der Waals surface area contributed by atoms with Crippen molar-refractivity contribution in [1.29, 1.82) is 0 Å². The van der Waals surface area contributed by atoms with Crippen LogP contribution in [0.1, 0.15) is 10.4 Å². The van der Waals surface area contributed by atoms with Crippen LogP contribution in [0.15, 0.2) is 84.9 Å². The summed E-state index contributed by atoms with van der Waals surface area (Å²) in [7, 11) is 0. The summed E-state index contributed by atoms with van der Waals surface area (Å²) >= 11 is 0. The van der Waals surface area contributed by atoms with Crippen molar-refractivity contribution in [3.8, 4) is 11.4 Å². The third-order valence-corrected chi connectivity index (χ3v) is 4.24. The fourth-order valence-electron chi connectivity index (χ4n) is 3.00. The van der Waals surface area contributed by atoms with E-state index >= 15 is 0 Å². The molecule has 0 aliphatic rings. The molecular formula is C22H18N2O2. The van der Waals surface area contributed by atoms with E-state index in [1.165, 1.54) is 0 Å². The fraction of sp³-hybridized carbons (Fsp3) is 0.0909. The summed E-state index contributed by atoms with van der Waals surface area (Å²) in [5.74, 6) is 0.568. The summed E-state index contributed by atoms with van der Waals surface area (Å²) in [6.45, 7) is 0.831. The number of rotatable bonds is 5. The van der Waals surface area contributed by atoms with Crippen LogP contribution in [0.25, 0.3) is 22.4 Å². The van der Waals surface area contributed by atoms with Crippen molar-refractivity contribution >= 4 is 17.0 Å². The zero-order valence-corrected chi connectivity index (χ0v) is 14.2. The minimum Gasteiger partial charge on any atom is -0.460 e. The number of nitrogens with zero attached hydrogens (tertiary/aromatic N) is 2. The van der Waals surface area contributed by atoms with Gasteiger partial charge < -0.3 is 9.30 Å². The van der Waals surface area contributed by atoms with Gasteiger partial charge in [0, 0.05) is 5.56 Å². The van der Waals surface area contributed by atoms with E-state index in [1.807, 2.05) is 72.8 Å². The summed E-state index contributed by atoms with van der Waals surface area (Å²) in [4.78, 5) is 16.9. The smallest absolute Gasteiger partial charge is 0.338 e. The van der Waals surface area contributed by atoms with Crippen molar-refractivity contribution in [2.45, 2.75) is 6.54 Å². The van der Waals surface area contributed by atoms with E-state index < -0.39 is 0 Å². The van der Waals surface area contributed by atoms with E-state index in [0.29, 0.717) is 12.1 Å². The molecule has 0 atom stereocenters.